The third kappa shape index (κ3) is 5.49. The minimum atomic E-state index is -0.992. The van der Waals surface area contributed by atoms with Crippen LogP contribution in [0, 0.1) is 11.6 Å². The lowest BCUT2D eigenvalue weighted by Gasteiger charge is -2.14. The zero-order valence-electron chi connectivity index (χ0n) is 18.3. The van der Waals surface area contributed by atoms with Gasteiger partial charge in [-0.1, -0.05) is 19.1 Å². The molecule has 0 unspecified atom stereocenters. The molecule has 4 nitrogen and oxygen atoms in total. The number of carbonyl (C=O) groups excluding carboxylic acids is 1. The quantitative estimate of drug-likeness (QED) is 0.298. The van der Waals surface area contributed by atoms with Gasteiger partial charge in [0, 0.05) is 35.7 Å². The third-order valence-corrected chi connectivity index (χ3v) is 5.96. The van der Waals surface area contributed by atoms with Gasteiger partial charge in [-0.3, -0.25) is 4.79 Å². The van der Waals surface area contributed by atoms with Crippen LogP contribution < -0.4 is 10.1 Å². The molecule has 0 aromatic heterocycles. The Morgan fingerprint density at radius 3 is 2.45 bits per heavy atom. The van der Waals surface area contributed by atoms with Gasteiger partial charge in [0.05, 0.1) is 12.5 Å². The molecule has 0 atom stereocenters. The summed E-state index contributed by atoms with van der Waals surface area (Å²) in [6.45, 7) is 4.04. The summed E-state index contributed by atoms with van der Waals surface area (Å²) in [5, 5.41) is 2.89. The topological polar surface area (TPSA) is 41.3 Å². The van der Waals surface area contributed by atoms with E-state index in [9.17, 15) is 13.6 Å². The molecule has 1 heterocycles. The van der Waals surface area contributed by atoms with Crippen molar-refractivity contribution >= 4 is 34.8 Å². The van der Waals surface area contributed by atoms with Crippen LogP contribution in [0.5, 0.6) is 11.5 Å². The number of allylic oxidation sites excluding steroid dienone is 1. The summed E-state index contributed by atoms with van der Waals surface area (Å²) in [5.74, 6) is -0.540. The maximum atomic E-state index is 13.7. The van der Waals surface area contributed by atoms with Crippen LogP contribution in [-0.4, -0.2) is 21.9 Å². The van der Waals surface area contributed by atoms with E-state index in [-0.39, 0.29) is 18.1 Å². The molecule has 33 heavy (non-hydrogen) atoms. The molecule has 168 valence electrons. The number of hydrogen-bond acceptors (Lipinski definition) is 3. The van der Waals surface area contributed by atoms with E-state index >= 15 is 0 Å². The van der Waals surface area contributed by atoms with Crippen molar-refractivity contribution in [3.63, 3.8) is 0 Å². The lowest BCUT2D eigenvalue weighted by atomic mass is 10.1. The molecule has 1 amide bonds. The van der Waals surface area contributed by atoms with Gasteiger partial charge in [0.2, 0.25) is 11.7 Å². The van der Waals surface area contributed by atoms with Gasteiger partial charge in [0.1, 0.15) is 5.75 Å². The number of benzene rings is 3. The molecule has 1 aliphatic heterocycles. The van der Waals surface area contributed by atoms with Crippen LogP contribution in [0.25, 0.3) is 0 Å². The van der Waals surface area contributed by atoms with Crippen LogP contribution in [-0.2, 0) is 11.2 Å². The molecule has 0 fully saturated rings. The standard InChI is InChI=1S/C26H22F2N2O2S/c1-3-33-21-8-4-18(5-9-21)14-26(31)29-19-6-11-24(30-13-12-17(30)2)25(15-19)32-20-7-10-22(27)23(28)16-20/h4-13,15-16H,3,14H2,1-2H3/p+1. The number of anilines is 1. The molecular weight excluding hydrogens is 442 g/mol. The first kappa shape index (κ1) is 22.7. The van der Waals surface area contributed by atoms with Crippen LogP contribution in [0.15, 0.2) is 77.8 Å². The summed E-state index contributed by atoms with van der Waals surface area (Å²) in [5.41, 5.74) is 3.19. The maximum absolute atomic E-state index is 13.7. The van der Waals surface area contributed by atoms with Crippen molar-refractivity contribution in [3.8, 4) is 11.5 Å². The zero-order chi connectivity index (χ0) is 23.4. The molecule has 0 bridgehead atoms. The van der Waals surface area contributed by atoms with E-state index in [4.69, 9.17) is 4.74 Å². The van der Waals surface area contributed by atoms with Gasteiger partial charge in [0.15, 0.2) is 23.5 Å². The van der Waals surface area contributed by atoms with E-state index in [1.165, 1.54) is 11.0 Å². The van der Waals surface area contributed by atoms with Crippen molar-refractivity contribution < 1.29 is 22.9 Å². The van der Waals surface area contributed by atoms with Crippen molar-refractivity contribution in [2.24, 2.45) is 0 Å². The fourth-order valence-corrected chi connectivity index (χ4v) is 4.03. The Hall–Kier alpha value is -3.45. The number of amides is 1. The smallest absolute Gasteiger partial charge is 0.253 e. The first-order valence-corrected chi connectivity index (χ1v) is 11.5. The maximum Gasteiger partial charge on any atom is 0.253 e. The first-order chi connectivity index (χ1) is 15.9. The van der Waals surface area contributed by atoms with Crippen LogP contribution >= 0.6 is 11.8 Å². The summed E-state index contributed by atoms with van der Waals surface area (Å²) < 4.78 is 34.8. The normalized spacial score (nSPS) is 12.5. The van der Waals surface area contributed by atoms with Crippen molar-refractivity contribution in [1.82, 2.24) is 0 Å². The number of ether oxygens (including phenoxy) is 1. The minimum Gasteiger partial charge on any atom is -0.450 e. The average Bonchev–Trinajstić information content (AvgIpc) is 2.78. The molecule has 7 heteroatoms. The Kier molecular flexibility index (Phi) is 6.89. The fraction of sp³-hybridized carbons (Fsp3) is 0.154. The predicted octanol–water partition coefficient (Wildman–Crippen LogP) is 6.68. The molecular formula is C26H23F2N2O2S+. The van der Waals surface area contributed by atoms with Gasteiger partial charge in [-0.15, -0.1) is 11.8 Å². The van der Waals surface area contributed by atoms with E-state index in [0.29, 0.717) is 11.4 Å². The van der Waals surface area contributed by atoms with Crippen molar-refractivity contribution in [1.29, 1.82) is 0 Å². The Bertz CT molecular complexity index is 1250. The highest BCUT2D eigenvalue weighted by Crippen LogP contribution is 2.36. The Labute approximate surface area is 195 Å². The Morgan fingerprint density at radius 1 is 1.03 bits per heavy atom. The van der Waals surface area contributed by atoms with E-state index in [1.54, 1.807) is 23.9 Å². The Balaban J connectivity index is 1.53. The molecule has 0 saturated heterocycles. The highest BCUT2D eigenvalue weighted by atomic mass is 32.2. The molecule has 3 aromatic rings. The van der Waals surface area contributed by atoms with E-state index in [1.807, 2.05) is 54.1 Å². The molecule has 4 rings (SSSR count). The molecule has 3 aromatic carbocycles. The van der Waals surface area contributed by atoms with Gasteiger partial charge < -0.3 is 10.1 Å². The summed E-state index contributed by atoms with van der Waals surface area (Å²) in [7, 11) is 0. The average molecular weight is 466 g/mol. The second kappa shape index (κ2) is 10.0. The minimum absolute atomic E-state index is 0.158. The van der Waals surface area contributed by atoms with E-state index < -0.39 is 11.6 Å². The highest BCUT2D eigenvalue weighted by Gasteiger charge is 2.24. The lowest BCUT2D eigenvalue weighted by Crippen LogP contribution is -2.16. The van der Waals surface area contributed by atoms with Crippen LogP contribution in [0.1, 0.15) is 19.4 Å². The number of carbonyl (C=O) groups is 1. The molecule has 0 radical (unpaired) electrons. The van der Waals surface area contributed by atoms with Crippen LogP contribution in [0.3, 0.4) is 0 Å². The number of rotatable bonds is 8. The second-order valence-corrected chi connectivity index (χ2v) is 8.83. The van der Waals surface area contributed by atoms with Crippen LogP contribution in [0.2, 0.25) is 0 Å². The molecule has 0 aliphatic carbocycles. The molecule has 1 aliphatic rings. The van der Waals surface area contributed by atoms with E-state index in [2.05, 4.69) is 12.2 Å². The van der Waals surface area contributed by atoms with Gasteiger partial charge in [0.25, 0.3) is 5.69 Å². The summed E-state index contributed by atoms with van der Waals surface area (Å²) >= 11 is 1.75. The molecule has 0 saturated carbocycles. The zero-order valence-corrected chi connectivity index (χ0v) is 19.1. The second-order valence-electron chi connectivity index (χ2n) is 7.49. The van der Waals surface area contributed by atoms with Crippen molar-refractivity contribution in [2.45, 2.75) is 25.2 Å². The van der Waals surface area contributed by atoms with Crippen LogP contribution in [0.4, 0.5) is 20.2 Å². The van der Waals surface area contributed by atoms with Gasteiger partial charge in [-0.25, -0.2) is 8.78 Å². The fourth-order valence-electron chi connectivity index (χ4n) is 3.37. The van der Waals surface area contributed by atoms with Gasteiger partial charge >= 0.3 is 0 Å². The molecule has 1 N–H and O–H groups in total. The summed E-state index contributed by atoms with van der Waals surface area (Å²) in [6, 6.07) is 16.6. The number of nitrogens with zero attached hydrogens (tertiary/aromatic N) is 1. The summed E-state index contributed by atoms with van der Waals surface area (Å²) in [4.78, 5) is 13.8. The summed E-state index contributed by atoms with van der Waals surface area (Å²) in [6.07, 6.45) is 4.06. The van der Waals surface area contributed by atoms with Crippen molar-refractivity contribution in [3.05, 3.63) is 90.1 Å². The highest BCUT2D eigenvalue weighted by molar-refractivity contribution is 7.99. The number of halogens is 2. The Morgan fingerprint density at radius 2 is 1.82 bits per heavy atom. The van der Waals surface area contributed by atoms with Crippen molar-refractivity contribution in [2.75, 3.05) is 11.1 Å². The number of hydrogen-bond donors (Lipinski definition) is 1. The monoisotopic (exact) mass is 465 g/mol. The third-order valence-electron chi connectivity index (χ3n) is 5.07. The predicted molar refractivity (Wildman–Crippen MR) is 128 cm³/mol. The SMILES string of the molecule is CCSc1ccc(CC(=O)Nc2ccc([N+]3=C(C)C=C3)c(Oc3ccc(F)c(F)c3)c2)cc1. The van der Waals surface area contributed by atoms with E-state index in [0.717, 1.165) is 34.8 Å². The first-order valence-electron chi connectivity index (χ1n) is 10.5. The molecule has 0 spiro atoms. The van der Waals surface area contributed by atoms with Gasteiger partial charge in [-0.2, -0.15) is 4.58 Å². The lowest BCUT2D eigenvalue weighted by molar-refractivity contribution is -0.372. The van der Waals surface area contributed by atoms with Gasteiger partial charge in [-0.05, 0) is 41.6 Å². The number of nitrogens with one attached hydrogen (secondary N) is 1. The largest absolute Gasteiger partial charge is 0.450 e. The number of thioether (sulfide) groups is 1.